The molecule has 3 aromatic carbocycles. The van der Waals surface area contributed by atoms with Crippen LogP contribution in [0.5, 0.6) is 5.75 Å². The van der Waals surface area contributed by atoms with E-state index in [1.165, 1.54) is 18.5 Å². The molecule has 5 rings (SSSR count). The van der Waals surface area contributed by atoms with E-state index in [0.717, 1.165) is 33.9 Å². The Morgan fingerprint density at radius 3 is 2.42 bits per heavy atom. The standard InChI is InChI=1S/C25H22FN3O2/c1-16-24(31-15-27-16)20-13-12-19(14-23(20)30-3)29-22-7-5-4-6-21(22)28(2)25(29)17-8-10-18(26)11-9-17/h4-15,25H,1-3H3. The van der Waals surface area contributed by atoms with Crippen LogP contribution in [0, 0.1) is 12.7 Å². The van der Waals surface area contributed by atoms with Crippen molar-refractivity contribution in [3.05, 3.63) is 90.2 Å². The number of hydrogen-bond acceptors (Lipinski definition) is 5. The highest BCUT2D eigenvalue weighted by atomic mass is 19.1. The summed E-state index contributed by atoms with van der Waals surface area (Å²) in [6.45, 7) is 1.91. The molecule has 0 amide bonds. The molecule has 1 atom stereocenters. The average molecular weight is 415 g/mol. The van der Waals surface area contributed by atoms with Gasteiger partial charge < -0.3 is 19.0 Å². The molecule has 31 heavy (non-hydrogen) atoms. The molecule has 0 spiro atoms. The van der Waals surface area contributed by atoms with Crippen molar-refractivity contribution in [2.45, 2.75) is 13.1 Å². The lowest BCUT2D eigenvalue weighted by atomic mass is 10.1. The molecular weight excluding hydrogens is 393 g/mol. The zero-order valence-corrected chi connectivity index (χ0v) is 17.5. The van der Waals surface area contributed by atoms with Crippen LogP contribution in [0.15, 0.2) is 77.5 Å². The Hall–Kier alpha value is -3.80. The summed E-state index contributed by atoms with van der Waals surface area (Å²) in [6.07, 6.45) is 1.31. The largest absolute Gasteiger partial charge is 0.496 e. The van der Waals surface area contributed by atoms with Crippen molar-refractivity contribution < 1.29 is 13.5 Å². The summed E-state index contributed by atoms with van der Waals surface area (Å²) in [6, 6.07) is 20.9. The summed E-state index contributed by atoms with van der Waals surface area (Å²) < 4.78 is 24.9. The van der Waals surface area contributed by atoms with Gasteiger partial charge in [0, 0.05) is 18.8 Å². The molecule has 1 aliphatic rings. The van der Waals surface area contributed by atoms with Gasteiger partial charge in [-0.3, -0.25) is 0 Å². The number of hydrogen-bond donors (Lipinski definition) is 0. The third-order valence-electron chi connectivity index (χ3n) is 5.75. The van der Waals surface area contributed by atoms with Crippen LogP contribution in [0.2, 0.25) is 0 Å². The second-order valence-corrected chi connectivity index (χ2v) is 7.55. The van der Waals surface area contributed by atoms with Crippen molar-refractivity contribution in [1.29, 1.82) is 0 Å². The predicted molar refractivity (Wildman–Crippen MR) is 119 cm³/mol. The van der Waals surface area contributed by atoms with Crippen LogP contribution < -0.4 is 14.5 Å². The number of halogens is 1. The lowest BCUT2D eigenvalue weighted by molar-refractivity contribution is 0.414. The fourth-order valence-corrected chi connectivity index (χ4v) is 4.27. The van der Waals surface area contributed by atoms with Gasteiger partial charge in [0.25, 0.3) is 0 Å². The van der Waals surface area contributed by atoms with Crippen LogP contribution >= 0.6 is 0 Å². The highest BCUT2D eigenvalue weighted by Crippen LogP contribution is 2.50. The summed E-state index contributed by atoms with van der Waals surface area (Å²) in [5, 5.41) is 0. The maximum Gasteiger partial charge on any atom is 0.181 e. The first kappa shape index (κ1) is 19.2. The molecule has 0 radical (unpaired) electrons. The lowest BCUT2D eigenvalue weighted by Gasteiger charge is -2.31. The van der Waals surface area contributed by atoms with E-state index in [0.29, 0.717) is 11.5 Å². The second kappa shape index (κ2) is 7.47. The normalized spacial score (nSPS) is 15.3. The van der Waals surface area contributed by atoms with Crippen molar-refractivity contribution in [3.8, 4) is 17.1 Å². The molecule has 0 bridgehead atoms. The number of aryl methyl sites for hydroxylation is 1. The van der Waals surface area contributed by atoms with Crippen molar-refractivity contribution in [3.63, 3.8) is 0 Å². The van der Waals surface area contributed by atoms with Gasteiger partial charge in [0.1, 0.15) is 17.7 Å². The van der Waals surface area contributed by atoms with E-state index in [1.54, 1.807) is 7.11 Å². The molecule has 5 nitrogen and oxygen atoms in total. The van der Waals surface area contributed by atoms with Crippen LogP contribution in [0.25, 0.3) is 11.3 Å². The maximum atomic E-state index is 13.6. The van der Waals surface area contributed by atoms with Crippen molar-refractivity contribution in [2.24, 2.45) is 0 Å². The Morgan fingerprint density at radius 1 is 1.00 bits per heavy atom. The molecule has 0 N–H and O–H groups in total. The average Bonchev–Trinajstić information content (AvgIpc) is 3.35. The smallest absolute Gasteiger partial charge is 0.181 e. The predicted octanol–water partition coefficient (Wildman–Crippen LogP) is 6.08. The molecule has 1 aliphatic heterocycles. The molecule has 0 fully saturated rings. The van der Waals surface area contributed by atoms with Crippen molar-refractivity contribution in [1.82, 2.24) is 4.98 Å². The van der Waals surface area contributed by atoms with E-state index in [4.69, 9.17) is 9.15 Å². The van der Waals surface area contributed by atoms with E-state index in [-0.39, 0.29) is 12.0 Å². The number of fused-ring (bicyclic) bond motifs is 1. The number of anilines is 3. The molecule has 0 aliphatic carbocycles. The third-order valence-corrected chi connectivity index (χ3v) is 5.75. The minimum Gasteiger partial charge on any atom is -0.496 e. The van der Waals surface area contributed by atoms with Gasteiger partial charge in [-0.2, -0.15) is 0 Å². The van der Waals surface area contributed by atoms with Crippen LogP contribution in [-0.2, 0) is 0 Å². The van der Waals surface area contributed by atoms with Gasteiger partial charge in [-0.25, -0.2) is 9.37 Å². The number of oxazole rings is 1. The zero-order chi connectivity index (χ0) is 21.5. The topological polar surface area (TPSA) is 41.7 Å². The number of aromatic nitrogens is 1. The van der Waals surface area contributed by atoms with Crippen LogP contribution in [-0.4, -0.2) is 19.1 Å². The fraction of sp³-hybridized carbons (Fsp3) is 0.160. The van der Waals surface area contributed by atoms with Crippen molar-refractivity contribution in [2.75, 3.05) is 24.0 Å². The highest BCUT2D eigenvalue weighted by Gasteiger charge is 2.36. The molecule has 1 unspecified atom stereocenters. The van der Waals surface area contributed by atoms with Crippen LogP contribution in [0.1, 0.15) is 17.4 Å². The van der Waals surface area contributed by atoms with Gasteiger partial charge in [0.15, 0.2) is 12.2 Å². The number of benzene rings is 3. The minimum atomic E-state index is -0.248. The minimum absolute atomic E-state index is 0.124. The molecule has 1 aromatic heterocycles. The lowest BCUT2D eigenvalue weighted by Crippen LogP contribution is -2.30. The van der Waals surface area contributed by atoms with Gasteiger partial charge in [-0.15, -0.1) is 0 Å². The van der Waals surface area contributed by atoms with E-state index in [1.807, 2.05) is 49.4 Å². The Morgan fingerprint density at radius 2 is 1.74 bits per heavy atom. The van der Waals surface area contributed by atoms with E-state index in [2.05, 4.69) is 34.0 Å². The fourth-order valence-electron chi connectivity index (χ4n) is 4.27. The zero-order valence-electron chi connectivity index (χ0n) is 17.5. The first-order valence-corrected chi connectivity index (χ1v) is 10.0. The van der Waals surface area contributed by atoms with Gasteiger partial charge in [-0.1, -0.05) is 24.3 Å². The molecule has 6 heteroatoms. The number of para-hydroxylation sites is 2. The second-order valence-electron chi connectivity index (χ2n) is 7.55. The first-order chi connectivity index (χ1) is 15.1. The number of methoxy groups -OCH3 is 1. The van der Waals surface area contributed by atoms with E-state index < -0.39 is 0 Å². The van der Waals surface area contributed by atoms with E-state index in [9.17, 15) is 4.39 Å². The molecule has 4 aromatic rings. The first-order valence-electron chi connectivity index (χ1n) is 10.0. The summed E-state index contributed by atoms with van der Waals surface area (Å²) in [5.74, 6) is 1.14. The Kier molecular flexibility index (Phi) is 4.62. The highest BCUT2D eigenvalue weighted by molar-refractivity contribution is 5.85. The van der Waals surface area contributed by atoms with E-state index >= 15 is 0 Å². The molecule has 0 saturated heterocycles. The van der Waals surface area contributed by atoms with Gasteiger partial charge in [0.2, 0.25) is 0 Å². The Balaban J connectivity index is 1.66. The Labute approximate surface area is 180 Å². The molecule has 156 valence electrons. The van der Waals surface area contributed by atoms with Crippen LogP contribution in [0.3, 0.4) is 0 Å². The van der Waals surface area contributed by atoms with Gasteiger partial charge in [-0.05, 0) is 48.9 Å². The van der Waals surface area contributed by atoms with Gasteiger partial charge >= 0.3 is 0 Å². The van der Waals surface area contributed by atoms with Gasteiger partial charge in [0.05, 0.1) is 29.7 Å². The third kappa shape index (κ3) is 3.11. The summed E-state index contributed by atoms with van der Waals surface area (Å²) in [4.78, 5) is 8.63. The molecule has 2 heterocycles. The monoisotopic (exact) mass is 415 g/mol. The number of rotatable bonds is 4. The van der Waals surface area contributed by atoms with Crippen LogP contribution in [0.4, 0.5) is 21.5 Å². The SMILES string of the molecule is COc1cc(N2c3ccccc3N(C)C2c2ccc(F)cc2)ccc1-c1ocnc1C. The maximum absolute atomic E-state index is 13.6. The summed E-state index contributed by atoms with van der Waals surface area (Å²) in [5.41, 5.74) is 5.79. The van der Waals surface area contributed by atoms with Crippen molar-refractivity contribution >= 4 is 17.1 Å². The summed E-state index contributed by atoms with van der Waals surface area (Å²) in [7, 11) is 3.70. The molecular formula is C25H22FN3O2. The molecule has 0 saturated carbocycles. The Bertz CT molecular complexity index is 1240. The number of ether oxygens (including phenoxy) is 1. The number of nitrogens with zero attached hydrogens (tertiary/aromatic N) is 3. The quantitative estimate of drug-likeness (QED) is 0.404. The summed E-state index contributed by atoms with van der Waals surface area (Å²) >= 11 is 0.